The maximum atomic E-state index is 12.8. The molecule has 2 aromatic carbocycles. The zero-order valence-electron chi connectivity index (χ0n) is 16.1. The normalized spacial score (nSPS) is 14.6. The molecule has 0 unspecified atom stereocenters. The maximum absolute atomic E-state index is 12.8. The number of carbonyl (C=O) groups is 2. The summed E-state index contributed by atoms with van der Waals surface area (Å²) in [6.45, 7) is 6.77. The molecular weight excluding hydrogens is 378 g/mol. The smallest absolute Gasteiger partial charge is 0.337 e. The fourth-order valence-electron chi connectivity index (χ4n) is 3.30. The van der Waals surface area contributed by atoms with E-state index >= 15 is 0 Å². The molecule has 1 fully saturated rings. The summed E-state index contributed by atoms with van der Waals surface area (Å²) in [5.41, 5.74) is 2.21. The predicted octanol–water partition coefficient (Wildman–Crippen LogP) is 3.52. The Kier molecular flexibility index (Phi) is 6.54. The van der Waals surface area contributed by atoms with Crippen LogP contribution in [0.4, 0.5) is 11.4 Å². The molecule has 0 aromatic heterocycles. The molecule has 3 rings (SSSR count). The first-order chi connectivity index (χ1) is 13.5. The summed E-state index contributed by atoms with van der Waals surface area (Å²) < 4.78 is 4.82. The van der Waals surface area contributed by atoms with Gasteiger partial charge in [0.05, 0.1) is 34.6 Å². The Morgan fingerprint density at radius 2 is 1.82 bits per heavy atom. The van der Waals surface area contributed by atoms with Crippen LogP contribution in [0.15, 0.2) is 42.5 Å². The lowest BCUT2D eigenvalue weighted by atomic mass is 10.1. The largest absolute Gasteiger partial charge is 0.465 e. The summed E-state index contributed by atoms with van der Waals surface area (Å²) in [5.74, 6) is -0.767. The first-order valence-electron chi connectivity index (χ1n) is 9.29. The molecule has 6 nitrogen and oxygen atoms in total. The molecule has 1 saturated heterocycles. The average Bonchev–Trinajstić information content (AvgIpc) is 2.73. The SMILES string of the molecule is CCN1CCN(c2ccc(C(=O)OC)cc2NC(=O)c2ccccc2Cl)CC1. The fourth-order valence-corrected chi connectivity index (χ4v) is 3.52. The first kappa shape index (κ1) is 20.2. The standard InChI is InChI=1S/C21H24ClN3O3/c1-3-24-10-12-25(13-11-24)19-9-8-15(21(27)28-2)14-18(19)23-20(26)16-6-4-5-7-17(16)22/h4-9,14H,3,10-13H2,1-2H3,(H,23,26). The summed E-state index contributed by atoms with van der Waals surface area (Å²) in [5, 5.41) is 3.30. The molecule has 148 valence electrons. The van der Waals surface area contributed by atoms with Crippen LogP contribution in [0.3, 0.4) is 0 Å². The third-order valence-corrected chi connectivity index (χ3v) is 5.27. The highest BCUT2D eigenvalue weighted by Crippen LogP contribution is 2.30. The molecule has 0 aliphatic carbocycles. The Labute approximate surface area is 170 Å². The van der Waals surface area contributed by atoms with Crippen molar-refractivity contribution < 1.29 is 14.3 Å². The van der Waals surface area contributed by atoms with Crippen molar-refractivity contribution in [2.45, 2.75) is 6.92 Å². The molecule has 0 atom stereocenters. The zero-order chi connectivity index (χ0) is 20.1. The van der Waals surface area contributed by atoms with Gasteiger partial charge < -0.3 is 19.9 Å². The number of likely N-dealkylation sites (N-methyl/N-ethyl adjacent to an activating group) is 1. The highest BCUT2D eigenvalue weighted by molar-refractivity contribution is 6.34. The number of amides is 1. The monoisotopic (exact) mass is 401 g/mol. The minimum atomic E-state index is -0.449. The summed E-state index contributed by atoms with van der Waals surface area (Å²) in [6.07, 6.45) is 0. The van der Waals surface area contributed by atoms with E-state index in [4.69, 9.17) is 16.3 Å². The minimum Gasteiger partial charge on any atom is -0.465 e. The minimum absolute atomic E-state index is 0.318. The molecule has 1 amide bonds. The lowest BCUT2D eigenvalue weighted by Gasteiger charge is -2.36. The number of anilines is 2. The van der Waals surface area contributed by atoms with Gasteiger partial charge in [0.1, 0.15) is 0 Å². The van der Waals surface area contributed by atoms with Crippen LogP contribution in [0, 0.1) is 0 Å². The van der Waals surface area contributed by atoms with Crippen molar-refractivity contribution in [2.75, 3.05) is 50.1 Å². The van der Waals surface area contributed by atoms with Gasteiger partial charge in [-0.3, -0.25) is 4.79 Å². The zero-order valence-corrected chi connectivity index (χ0v) is 16.8. The van der Waals surface area contributed by atoms with Crippen molar-refractivity contribution in [3.63, 3.8) is 0 Å². The van der Waals surface area contributed by atoms with Gasteiger partial charge in [-0.15, -0.1) is 0 Å². The van der Waals surface area contributed by atoms with E-state index in [0.717, 1.165) is 38.4 Å². The van der Waals surface area contributed by atoms with Gasteiger partial charge in [0.2, 0.25) is 0 Å². The van der Waals surface area contributed by atoms with Crippen molar-refractivity contribution >= 4 is 34.9 Å². The molecule has 0 spiro atoms. The Hall–Kier alpha value is -2.57. The van der Waals surface area contributed by atoms with E-state index in [1.807, 2.05) is 6.07 Å². The van der Waals surface area contributed by atoms with Crippen LogP contribution >= 0.6 is 11.6 Å². The van der Waals surface area contributed by atoms with Crippen molar-refractivity contribution in [3.8, 4) is 0 Å². The average molecular weight is 402 g/mol. The lowest BCUT2D eigenvalue weighted by molar-refractivity contribution is 0.0600. The quantitative estimate of drug-likeness (QED) is 0.777. The highest BCUT2D eigenvalue weighted by Gasteiger charge is 2.21. The number of methoxy groups -OCH3 is 1. The Morgan fingerprint density at radius 3 is 2.46 bits per heavy atom. The second-order valence-electron chi connectivity index (χ2n) is 6.58. The van der Waals surface area contributed by atoms with E-state index in [1.165, 1.54) is 7.11 Å². The Balaban J connectivity index is 1.91. The van der Waals surface area contributed by atoms with Crippen LogP contribution < -0.4 is 10.2 Å². The van der Waals surface area contributed by atoms with E-state index < -0.39 is 5.97 Å². The first-order valence-corrected chi connectivity index (χ1v) is 9.66. The van der Waals surface area contributed by atoms with Gasteiger partial charge >= 0.3 is 5.97 Å². The number of hydrogen-bond acceptors (Lipinski definition) is 5. The molecule has 0 saturated carbocycles. The van der Waals surface area contributed by atoms with Gasteiger partial charge in [-0.2, -0.15) is 0 Å². The van der Waals surface area contributed by atoms with Crippen molar-refractivity contribution in [2.24, 2.45) is 0 Å². The van der Waals surface area contributed by atoms with E-state index in [1.54, 1.807) is 36.4 Å². The molecule has 1 heterocycles. The van der Waals surface area contributed by atoms with Crippen LogP contribution in [-0.2, 0) is 4.74 Å². The summed E-state index contributed by atoms with van der Waals surface area (Å²) >= 11 is 6.16. The van der Waals surface area contributed by atoms with Gasteiger partial charge in [-0.25, -0.2) is 4.79 Å². The van der Waals surface area contributed by atoms with Crippen LogP contribution in [0.1, 0.15) is 27.6 Å². The Morgan fingerprint density at radius 1 is 1.11 bits per heavy atom. The third kappa shape index (κ3) is 4.46. The van der Waals surface area contributed by atoms with Gasteiger partial charge in [-0.05, 0) is 36.9 Å². The van der Waals surface area contributed by atoms with Gasteiger partial charge in [0, 0.05) is 26.2 Å². The van der Waals surface area contributed by atoms with Gasteiger partial charge in [-0.1, -0.05) is 30.7 Å². The van der Waals surface area contributed by atoms with Crippen LogP contribution in [-0.4, -0.2) is 56.6 Å². The van der Waals surface area contributed by atoms with Crippen LogP contribution in [0.25, 0.3) is 0 Å². The van der Waals surface area contributed by atoms with E-state index in [9.17, 15) is 9.59 Å². The van der Waals surface area contributed by atoms with Crippen LogP contribution in [0.2, 0.25) is 5.02 Å². The number of esters is 1. The second-order valence-corrected chi connectivity index (χ2v) is 6.99. The molecule has 0 bridgehead atoms. The summed E-state index contributed by atoms with van der Waals surface area (Å²) in [4.78, 5) is 29.3. The van der Waals surface area contributed by atoms with Crippen molar-refractivity contribution in [1.29, 1.82) is 0 Å². The van der Waals surface area contributed by atoms with E-state index in [-0.39, 0.29) is 5.91 Å². The third-order valence-electron chi connectivity index (χ3n) is 4.94. The number of ether oxygens (including phenoxy) is 1. The maximum Gasteiger partial charge on any atom is 0.337 e. The lowest BCUT2D eigenvalue weighted by Crippen LogP contribution is -2.46. The van der Waals surface area contributed by atoms with Crippen molar-refractivity contribution in [3.05, 3.63) is 58.6 Å². The molecule has 1 N–H and O–H groups in total. The predicted molar refractivity (Wildman–Crippen MR) is 112 cm³/mol. The summed E-state index contributed by atoms with van der Waals surface area (Å²) in [7, 11) is 1.34. The molecular formula is C21H24ClN3O3. The number of halogens is 1. The molecule has 1 aliphatic heterocycles. The topological polar surface area (TPSA) is 61.9 Å². The molecule has 2 aromatic rings. The summed E-state index contributed by atoms with van der Waals surface area (Å²) in [6, 6.07) is 12.1. The number of nitrogens with zero attached hydrogens (tertiary/aromatic N) is 2. The van der Waals surface area contributed by atoms with E-state index in [0.29, 0.717) is 21.8 Å². The van der Waals surface area contributed by atoms with Gasteiger partial charge in [0.25, 0.3) is 5.91 Å². The number of benzene rings is 2. The van der Waals surface area contributed by atoms with Crippen molar-refractivity contribution in [1.82, 2.24) is 4.90 Å². The molecule has 0 radical (unpaired) electrons. The number of nitrogens with one attached hydrogen (secondary N) is 1. The van der Waals surface area contributed by atoms with Gasteiger partial charge in [0.15, 0.2) is 0 Å². The molecule has 7 heteroatoms. The highest BCUT2D eigenvalue weighted by atomic mass is 35.5. The number of piperazine rings is 1. The molecule has 28 heavy (non-hydrogen) atoms. The fraction of sp³-hybridized carbons (Fsp3) is 0.333. The second kappa shape index (κ2) is 9.08. The van der Waals surface area contributed by atoms with Crippen LogP contribution in [0.5, 0.6) is 0 Å². The van der Waals surface area contributed by atoms with E-state index in [2.05, 4.69) is 22.0 Å². The Bertz CT molecular complexity index is 864. The number of rotatable bonds is 5. The molecule has 1 aliphatic rings. The number of carbonyl (C=O) groups excluding carboxylic acids is 2. The number of hydrogen-bond donors (Lipinski definition) is 1.